The average molecular weight is 336 g/mol. The Balaban J connectivity index is 1.46. The Morgan fingerprint density at radius 3 is 2.50 bits per heavy atom. The molecular formula is C16H24N4O4. The smallest absolute Gasteiger partial charge is 0.322 e. The molecule has 5 amide bonds. The average Bonchev–Trinajstić information content (AvgIpc) is 2.87. The molecule has 0 saturated carbocycles. The first-order valence-electron chi connectivity index (χ1n) is 8.52. The van der Waals surface area contributed by atoms with E-state index in [0.717, 1.165) is 25.8 Å². The lowest BCUT2D eigenvalue weighted by Crippen LogP contribution is -2.51. The first-order chi connectivity index (χ1) is 11.4. The van der Waals surface area contributed by atoms with Crippen LogP contribution in [-0.2, 0) is 14.4 Å². The summed E-state index contributed by atoms with van der Waals surface area (Å²) < 4.78 is 0. The third-order valence-electron chi connectivity index (χ3n) is 5.55. The number of nitrogens with one attached hydrogen (secondary N) is 2. The Morgan fingerprint density at radius 1 is 1.21 bits per heavy atom. The largest absolute Gasteiger partial charge is 0.345 e. The molecule has 3 rings (SSSR count). The maximum Gasteiger partial charge on any atom is 0.322 e. The van der Waals surface area contributed by atoms with Crippen LogP contribution in [0.15, 0.2) is 0 Å². The monoisotopic (exact) mass is 336 g/mol. The summed E-state index contributed by atoms with van der Waals surface area (Å²) >= 11 is 0. The van der Waals surface area contributed by atoms with Gasteiger partial charge in [0.2, 0.25) is 11.8 Å². The number of hydrogen-bond acceptors (Lipinski definition) is 4. The van der Waals surface area contributed by atoms with Crippen LogP contribution < -0.4 is 10.6 Å². The fourth-order valence-electron chi connectivity index (χ4n) is 3.96. The van der Waals surface area contributed by atoms with Crippen LogP contribution in [0, 0.1) is 5.41 Å². The van der Waals surface area contributed by atoms with Crippen LogP contribution >= 0.6 is 0 Å². The van der Waals surface area contributed by atoms with Crippen molar-refractivity contribution < 1.29 is 19.2 Å². The van der Waals surface area contributed by atoms with Crippen molar-refractivity contribution in [3.8, 4) is 0 Å². The highest BCUT2D eigenvalue weighted by molar-refractivity contribution is 6.04. The van der Waals surface area contributed by atoms with Gasteiger partial charge < -0.3 is 15.1 Å². The van der Waals surface area contributed by atoms with Gasteiger partial charge in [0, 0.05) is 39.5 Å². The number of piperidine rings is 2. The van der Waals surface area contributed by atoms with Gasteiger partial charge in [-0.2, -0.15) is 0 Å². The number of carbonyl (C=O) groups is 4. The third kappa shape index (κ3) is 3.37. The van der Waals surface area contributed by atoms with Crippen LogP contribution in [0.1, 0.15) is 38.5 Å². The van der Waals surface area contributed by atoms with Gasteiger partial charge in [-0.05, 0) is 31.1 Å². The van der Waals surface area contributed by atoms with E-state index in [0.29, 0.717) is 25.9 Å². The fraction of sp³-hybridized carbons (Fsp3) is 0.750. The summed E-state index contributed by atoms with van der Waals surface area (Å²) in [4.78, 5) is 50.2. The topological polar surface area (TPSA) is 98.8 Å². The van der Waals surface area contributed by atoms with Crippen molar-refractivity contribution >= 4 is 23.8 Å². The Kier molecular flexibility index (Phi) is 4.47. The van der Waals surface area contributed by atoms with E-state index in [1.165, 1.54) is 0 Å². The highest BCUT2D eigenvalue weighted by Gasteiger charge is 2.40. The Bertz CT molecular complexity index is 568. The van der Waals surface area contributed by atoms with E-state index in [2.05, 4.69) is 10.6 Å². The zero-order chi connectivity index (χ0) is 17.3. The fourth-order valence-corrected chi connectivity index (χ4v) is 3.96. The molecule has 2 N–H and O–H groups in total. The maximum atomic E-state index is 12.3. The van der Waals surface area contributed by atoms with Crippen molar-refractivity contribution in [3.05, 3.63) is 0 Å². The van der Waals surface area contributed by atoms with E-state index in [-0.39, 0.29) is 29.6 Å². The van der Waals surface area contributed by atoms with Gasteiger partial charge in [-0.3, -0.25) is 19.7 Å². The number of rotatable bonds is 3. The van der Waals surface area contributed by atoms with Crippen molar-refractivity contribution in [2.75, 3.05) is 26.7 Å². The molecule has 3 heterocycles. The number of nitrogens with zero attached hydrogens (tertiary/aromatic N) is 2. The zero-order valence-electron chi connectivity index (χ0n) is 14.0. The van der Waals surface area contributed by atoms with E-state index < -0.39 is 12.1 Å². The quantitative estimate of drug-likeness (QED) is 0.699. The lowest BCUT2D eigenvalue weighted by molar-refractivity contribution is -0.141. The van der Waals surface area contributed by atoms with Gasteiger partial charge in [-0.1, -0.05) is 0 Å². The number of urea groups is 1. The Labute approximate surface area is 140 Å². The van der Waals surface area contributed by atoms with Crippen LogP contribution in [0.3, 0.4) is 0 Å². The molecule has 3 fully saturated rings. The highest BCUT2D eigenvalue weighted by Crippen LogP contribution is 2.39. The van der Waals surface area contributed by atoms with Gasteiger partial charge >= 0.3 is 6.03 Å². The van der Waals surface area contributed by atoms with Crippen molar-refractivity contribution in [3.63, 3.8) is 0 Å². The molecule has 3 aliphatic heterocycles. The maximum absolute atomic E-state index is 12.3. The van der Waals surface area contributed by atoms with Gasteiger partial charge in [0.1, 0.15) is 6.04 Å². The molecule has 0 aliphatic carbocycles. The minimum atomic E-state index is -0.601. The number of likely N-dealkylation sites (tertiary alicyclic amines) is 2. The molecular weight excluding hydrogens is 312 g/mol. The molecule has 0 bridgehead atoms. The molecule has 132 valence electrons. The first-order valence-corrected chi connectivity index (χ1v) is 8.52. The van der Waals surface area contributed by atoms with Gasteiger partial charge in [0.25, 0.3) is 5.91 Å². The summed E-state index contributed by atoms with van der Waals surface area (Å²) in [5, 5.41) is 4.68. The van der Waals surface area contributed by atoms with Crippen molar-refractivity contribution in [2.24, 2.45) is 5.41 Å². The van der Waals surface area contributed by atoms with Crippen LogP contribution in [0.2, 0.25) is 0 Å². The van der Waals surface area contributed by atoms with E-state index in [1.807, 2.05) is 16.8 Å². The van der Waals surface area contributed by atoms with Crippen molar-refractivity contribution in [2.45, 2.75) is 44.6 Å². The molecule has 3 aliphatic rings. The molecule has 0 aromatic rings. The van der Waals surface area contributed by atoms with Crippen LogP contribution in [0.25, 0.3) is 0 Å². The second-order valence-electron chi connectivity index (χ2n) is 7.18. The van der Waals surface area contributed by atoms with Crippen LogP contribution in [0.5, 0.6) is 0 Å². The van der Waals surface area contributed by atoms with E-state index in [9.17, 15) is 19.2 Å². The van der Waals surface area contributed by atoms with Gasteiger partial charge in [0.15, 0.2) is 0 Å². The molecule has 0 aromatic carbocycles. The number of hydrogen-bond donors (Lipinski definition) is 2. The minimum absolute atomic E-state index is 0.0269. The molecule has 3 saturated heterocycles. The van der Waals surface area contributed by atoms with Crippen molar-refractivity contribution in [1.29, 1.82) is 0 Å². The summed E-state index contributed by atoms with van der Waals surface area (Å²) in [7, 11) is 1.85. The molecule has 1 spiro atoms. The standard InChI is InChI=1S/C16H24N4O4/c1-19-10-16(5-4-12(19)21)6-8-20(9-7-16)13(22)3-2-11-14(23)18-15(24)17-11/h11H,2-10H2,1H3,(H2,17,18,23,24). The van der Waals surface area contributed by atoms with E-state index in [1.54, 1.807) is 0 Å². The molecule has 8 nitrogen and oxygen atoms in total. The third-order valence-corrected chi connectivity index (χ3v) is 5.55. The minimum Gasteiger partial charge on any atom is -0.345 e. The molecule has 8 heteroatoms. The number of carbonyl (C=O) groups excluding carboxylic acids is 4. The first kappa shape index (κ1) is 16.7. The molecule has 1 unspecified atom stereocenters. The van der Waals surface area contributed by atoms with Gasteiger partial charge in [-0.15, -0.1) is 0 Å². The number of imide groups is 1. The lowest BCUT2D eigenvalue weighted by Gasteiger charge is -2.46. The highest BCUT2D eigenvalue weighted by atomic mass is 16.2. The van der Waals surface area contributed by atoms with Crippen LogP contribution in [0.4, 0.5) is 4.79 Å². The summed E-state index contributed by atoms with van der Waals surface area (Å²) in [6.07, 6.45) is 3.92. The Morgan fingerprint density at radius 2 is 1.92 bits per heavy atom. The second-order valence-corrected chi connectivity index (χ2v) is 7.18. The Hall–Kier alpha value is -2.12. The van der Waals surface area contributed by atoms with Gasteiger partial charge in [-0.25, -0.2) is 4.79 Å². The zero-order valence-corrected chi connectivity index (χ0v) is 14.0. The molecule has 24 heavy (non-hydrogen) atoms. The SMILES string of the molecule is CN1CC2(CCC1=O)CCN(C(=O)CCC1NC(=O)NC1=O)CC2. The predicted octanol–water partition coefficient (Wildman–Crippen LogP) is -0.164. The molecule has 1 atom stereocenters. The summed E-state index contributed by atoms with van der Waals surface area (Å²) in [5.41, 5.74) is 0.152. The van der Waals surface area contributed by atoms with Crippen molar-refractivity contribution in [1.82, 2.24) is 20.4 Å². The molecule has 0 aromatic heterocycles. The summed E-state index contributed by atoms with van der Waals surface area (Å²) in [5.74, 6) is -0.129. The van der Waals surface area contributed by atoms with Crippen LogP contribution in [-0.4, -0.2) is 66.3 Å². The predicted molar refractivity (Wildman–Crippen MR) is 84.8 cm³/mol. The number of amides is 5. The van der Waals surface area contributed by atoms with E-state index >= 15 is 0 Å². The van der Waals surface area contributed by atoms with Gasteiger partial charge in [0.05, 0.1) is 0 Å². The lowest BCUT2D eigenvalue weighted by atomic mass is 9.72. The summed E-state index contributed by atoms with van der Waals surface area (Å²) in [6, 6.07) is -1.09. The summed E-state index contributed by atoms with van der Waals surface area (Å²) in [6.45, 7) is 2.18. The normalized spacial score (nSPS) is 26.5. The molecule has 0 radical (unpaired) electrons. The second kappa shape index (κ2) is 6.41. The van der Waals surface area contributed by atoms with E-state index in [4.69, 9.17) is 0 Å².